The van der Waals surface area contributed by atoms with Crippen LogP contribution >= 0.6 is 0 Å². The number of para-hydroxylation sites is 1. The van der Waals surface area contributed by atoms with Gasteiger partial charge in [0.1, 0.15) is 0 Å². The molecule has 1 aliphatic rings. The van der Waals surface area contributed by atoms with Crippen molar-refractivity contribution in [3.8, 4) is 0 Å². The second-order valence-electron chi connectivity index (χ2n) is 4.74. The van der Waals surface area contributed by atoms with E-state index in [1.54, 1.807) is 36.1 Å². The fraction of sp³-hybridized carbons (Fsp3) is 0.467. The minimum absolute atomic E-state index is 0.151. The molecule has 1 aliphatic heterocycles. The van der Waals surface area contributed by atoms with Gasteiger partial charge < -0.3 is 15.0 Å². The number of benzene rings is 1. The molecule has 1 N–H and O–H groups in total. The summed E-state index contributed by atoms with van der Waals surface area (Å²) in [5.41, 5.74) is 0.890. The van der Waals surface area contributed by atoms with Crippen molar-refractivity contribution in [2.45, 2.75) is 26.2 Å². The van der Waals surface area contributed by atoms with Crippen LogP contribution in [0.3, 0.4) is 0 Å². The van der Waals surface area contributed by atoms with Crippen LogP contribution in [-0.2, 0) is 4.74 Å². The van der Waals surface area contributed by atoms with Crippen molar-refractivity contribution >= 4 is 17.7 Å². The number of carbonyl (C=O) groups is 2. The summed E-state index contributed by atoms with van der Waals surface area (Å²) in [5.74, 6) is -0.415. The van der Waals surface area contributed by atoms with Crippen molar-refractivity contribution < 1.29 is 14.3 Å². The first-order chi connectivity index (χ1) is 9.72. The van der Waals surface area contributed by atoms with E-state index in [1.165, 1.54) is 6.42 Å². The number of urea groups is 1. The maximum atomic E-state index is 12.2. The number of ether oxygens (including phenoxy) is 1. The van der Waals surface area contributed by atoms with Crippen molar-refractivity contribution in [3.05, 3.63) is 29.8 Å². The molecule has 1 fully saturated rings. The van der Waals surface area contributed by atoms with Crippen molar-refractivity contribution in [1.29, 1.82) is 0 Å². The van der Waals surface area contributed by atoms with Gasteiger partial charge in [-0.05, 0) is 38.3 Å². The SMILES string of the molecule is CCOC(=O)c1ccccc1NC(=O)N1CCCCC1. The molecule has 1 aromatic carbocycles. The van der Waals surface area contributed by atoms with E-state index in [0.29, 0.717) is 17.9 Å². The van der Waals surface area contributed by atoms with Crippen LogP contribution in [0.4, 0.5) is 10.5 Å². The number of piperidine rings is 1. The van der Waals surface area contributed by atoms with Gasteiger partial charge in [-0.25, -0.2) is 9.59 Å². The molecule has 0 unspecified atom stereocenters. The fourth-order valence-electron chi connectivity index (χ4n) is 2.27. The molecule has 5 nitrogen and oxygen atoms in total. The molecule has 0 aromatic heterocycles. The predicted molar refractivity (Wildman–Crippen MR) is 76.8 cm³/mol. The molecule has 5 heteroatoms. The molecule has 0 aliphatic carbocycles. The van der Waals surface area contributed by atoms with Gasteiger partial charge >= 0.3 is 12.0 Å². The molecular formula is C15H20N2O3. The predicted octanol–water partition coefficient (Wildman–Crippen LogP) is 2.88. The second-order valence-corrected chi connectivity index (χ2v) is 4.74. The van der Waals surface area contributed by atoms with Crippen molar-refractivity contribution in [2.24, 2.45) is 0 Å². The van der Waals surface area contributed by atoms with Gasteiger partial charge in [0.05, 0.1) is 17.9 Å². The Balaban J connectivity index is 2.08. The smallest absolute Gasteiger partial charge is 0.340 e. The summed E-state index contributed by atoms with van der Waals surface area (Å²) < 4.78 is 4.99. The number of rotatable bonds is 3. The molecule has 0 bridgehead atoms. The molecule has 2 amide bonds. The van der Waals surface area contributed by atoms with Gasteiger partial charge in [-0.1, -0.05) is 12.1 Å². The Hall–Kier alpha value is -2.04. The van der Waals surface area contributed by atoms with Crippen LogP contribution in [0.2, 0.25) is 0 Å². The van der Waals surface area contributed by atoms with E-state index in [2.05, 4.69) is 5.32 Å². The van der Waals surface area contributed by atoms with Crippen LogP contribution in [-0.4, -0.2) is 36.6 Å². The lowest BCUT2D eigenvalue weighted by atomic mass is 10.1. The van der Waals surface area contributed by atoms with Gasteiger partial charge in [-0.15, -0.1) is 0 Å². The van der Waals surface area contributed by atoms with Gasteiger partial charge in [0, 0.05) is 13.1 Å². The third-order valence-electron chi connectivity index (χ3n) is 3.31. The Morgan fingerprint density at radius 3 is 2.60 bits per heavy atom. The Labute approximate surface area is 118 Å². The molecule has 2 rings (SSSR count). The van der Waals surface area contributed by atoms with Gasteiger partial charge in [0.2, 0.25) is 0 Å². The first-order valence-corrected chi connectivity index (χ1v) is 7.04. The van der Waals surface area contributed by atoms with E-state index in [-0.39, 0.29) is 6.03 Å². The van der Waals surface area contributed by atoms with E-state index < -0.39 is 5.97 Å². The molecule has 20 heavy (non-hydrogen) atoms. The summed E-state index contributed by atoms with van der Waals surface area (Å²) in [6, 6.07) is 6.76. The van der Waals surface area contributed by atoms with E-state index in [4.69, 9.17) is 4.74 Å². The zero-order valence-corrected chi connectivity index (χ0v) is 11.7. The molecule has 1 heterocycles. The van der Waals surface area contributed by atoms with Crippen LogP contribution in [0.15, 0.2) is 24.3 Å². The number of hydrogen-bond acceptors (Lipinski definition) is 3. The third kappa shape index (κ3) is 3.50. The van der Waals surface area contributed by atoms with Crippen LogP contribution in [0.1, 0.15) is 36.5 Å². The summed E-state index contributed by atoms with van der Waals surface area (Å²) in [6.07, 6.45) is 3.24. The summed E-state index contributed by atoms with van der Waals surface area (Å²) >= 11 is 0. The highest BCUT2D eigenvalue weighted by molar-refractivity contribution is 6.00. The average molecular weight is 276 g/mol. The number of anilines is 1. The molecule has 1 aromatic rings. The zero-order valence-electron chi connectivity index (χ0n) is 11.7. The van der Waals surface area contributed by atoms with E-state index >= 15 is 0 Å². The Kier molecular flexibility index (Phi) is 4.98. The Bertz CT molecular complexity index is 482. The van der Waals surface area contributed by atoms with Crippen molar-refractivity contribution in [2.75, 3.05) is 25.0 Å². The summed E-state index contributed by atoms with van der Waals surface area (Å²) in [6.45, 7) is 3.61. The quantitative estimate of drug-likeness (QED) is 0.864. The van der Waals surface area contributed by atoms with Crippen molar-refractivity contribution in [3.63, 3.8) is 0 Å². The van der Waals surface area contributed by atoms with Crippen LogP contribution in [0.25, 0.3) is 0 Å². The molecule has 108 valence electrons. The van der Waals surface area contributed by atoms with E-state index in [0.717, 1.165) is 25.9 Å². The van der Waals surface area contributed by atoms with Gasteiger partial charge in [0.25, 0.3) is 0 Å². The lowest BCUT2D eigenvalue weighted by molar-refractivity contribution is 0.0527. The number of likely N-dealkylation sites (tertiary alicyclic amines) is 1. The van der Waals surface area contributed by atoms with Gasteiger partial charge in [-0.2, -0.15) is 0 Å². The minimum atomic E-state index is -0.415. The monoisotopic (exact) mass is 276 g/mol. The standard InChI is InChI=1S/C15H20N2O3/c1-2-20-14(18)12-8-4-5-9-13(12)16-15(19)17-10-6-3-7-11-17/h4-5,8-9H,2-3,6-7,10-11H2,1H3,(H,16,19). The highest BCUT2D eigenvalue weighted by atomic mass is 16.5. The Morgan fingerprint density at radius 2 is 1.90 bits per heavy atom. The second kappa shape index (κ2) is 6.93. The number of nitrogens with one attached hydrogen (secondary N) is 1. The first kappa shape index (κ1) is 14.4. The molecule has 0 atom stereocenters. The Morgan fingerprint density at radius 1 is 1.20 bits per heavy atom. The minimum Gasteiger partial charge on any atom is -0.462 e. The largest absolute Gasteiger partial charge is 0.462 e. The van der Waals surface area contributed by atoms with E-state index in [1.807, 2.05) is 0 Å². The van der Waals surface area contributed by atoms with Crippen molar-refractivity contribution in [1.82, 2.24) is 4.90 Å². The van der Waals surface area contributed by atoms with E-state index in [9.17, 15) is 9.59 Å². The fourth-order valence-corrected chi connectivity index (χ4v) is 2.27. The van der Waals surface area contributed by atoms with Crippen LogP contribution in [0.5, 0.6) is 0 Å². The number of amides is 2. The highest BCUT2D eigenvalue weighted by Crippen LogP contribution is 2.18. The lowest BCUT2D eigenvalue weighted by Gasteiger charge is -2.27. The highest BCUT2D eigenvalue weighted by Gasteiger charge is 2.19. The maximum Gasteiger partial charge on any atom is 0.340 e. The third-order valence-corrected chi connectivity index (χ3v) is 3.31. The van der Waals surface area contributed by atoms with Gasteiger partial charge in [0.15, 0.2) is 0 Å². The molecule has 0 saturated carbocycles. The number of esters is 1. The molecule has 1 saturated heterocycles. The summed E-state index contributed by atoms with van der Waals surface area (Å²) in [5, 5.41) is 2.81. The lowest BCUT2D eigenvalue weighted by Crippen LogP contribution is -2.39. The number of carbonyl (C=O) groups excluding carboxylic acids is 2. The normalized spacial score (nSPS) is 14.8. The molecule has 0 radical (unpaired) electrons. The van der Waals surface area contributed by atoms with Crippen LogP contribution in [0, 0.1) is 0 Å². The van der Waals surface area contributed by atoms with Gasteiger partial charge in [-0.3, -0.25) is 0 Å². The molecular weight excluding hydrogens is 256 g/mol. The average Bonchev–Trinajstić information content (AvgIpc) is 2.49. The topological polar surface area (TPSA) is 58.6 Å². The van der Waals surface area contributed by atoms with Crippen LogP contribution < -0.4 is 5.32 Å². The molecule has 0 spiro atoms. The summed E-state index contributed by atoms with van der Waals surface area (Å²) in [7, 11) is 0. The first-order valence-electron chi connectivity index (χ1n) is 7.04. The maximum absolute atomic E-state index is 12.2. The zero-order chi connectivity index (χ0) is 14.4. The number of hydrogen-bond donors (Lipinski definition) is 1. The summed E-state index contributed by atoms with van der Waals surface area (Å²) in [4.78, 5) is 25.8. The number of nitrogens with zero attached hydrogens (tertiary/aromatic N) is 1.